The van der Waals surface area contributed by atoms with Crippen LogP contribution in [-0.4, -0.2) is 35.1 Å². The summed E-state index contributed by atoms with van der Waals surface area (Å²) in [5.74, 6) is -0.825. The number of hydrogen-bond acceptors (Lipinski definition) is 2. The predicted molar refractivity (Wildman–Crippen MR) is 91.6 cm³/mol. The number of halogens is 1. The lowest BCUT2D eigenvalue weighted by atomic mass is 9.90. The van der Waals surface area contributed by atoms with Crippen LogP contribution >= 0.6 is 0 Å². The van der Waals surface area contributed by atoms with Gasteiger partial charge in [0.1, 0.15) is 5.82 Å². The average molecular weight is 348 g/mol. The number of likely N-dealkylation sites (tertiary alicyclic amines) is 1. The van der Waals surface area contributed by atoms with Gasteiger partial charge >= 0.3 is 12.0 Å². The molecule has 3 rings (SSSR count). The van der Waals surface area contributed by atoms with Crippen molar-refractivity contribution in [2.24, 2.45) is 11.3 Å². The Bertz CT molecular complexity index is 643. The second-order valence-electron chi connectivity index (χ2n) is 7.56. The van der Waals surface area contributed by atoms with Crippen molar-refractivity contribution < 1.29 is 19.1 Å². The van der Waals surface area contributed by atoms with Crippen LogP contribution in [-0.2, 0) is 4.79 Å². The maximum atomic E-state index is 13.2. The smallest absolute Gasteiger partial charge is 0.317 e. The fourth-order valence-electron chi connectivity index (χ4n) is 3.97. The molecule has 1 aliphatic carbocycles. The number of carbonyl (C=O) groups is 2. The Hall–Kier alpha value is -2.11. The molecule has 2 N–H and O–H groups in total. The van der Waals surface area contributed by atoms with Crippen molar-refractivity contribution in [1.29, 1.82) is 0 Å². The summed E-state index contributed by atoms with van der Waals surface area (Å²) < 4.78 is 13.2. The predicted octanol–water partition coefficient (Wildman–Crippen LogP) is 3.56. The minimum atomic E-state index is -0.879. The highest BCUT2D eigenvalue weighted by Crippen LogP contribution is 2.36. The first-order valence-corrected chi connectivity index (χ1v) is 8.93. The van der Waals surface area contributed by atoms with Crippen LogP contribution in [0.15, 0.2) is 24.3 Å². The van der Waals surface area contributed by atoms with Crippen molar-refractivity contribution in [2.75, 3.05) is 13.1 Å². The summed E-state index contributed by atoms with van der Waals surface area (Å²) in [6.45, 7) is 2.33. The van der Waals surface area contributed by atoms with E-state index in [0.29, 0.717) is 18.9 Å². The molecule has 1 saturated heterocycles. The van der Waals surface area contributed by atoms with Gasteiger partial charge in [-0.05, 0) is 49.8 Å². The van der Waals surface area contributed by atoms with Crippen LogP contribution in [0.25, 0.3) is 0 Å². The highest BCUT2D eigenvalue weighted by atomic mass is 19.1. The van der Waals surface area contributed by atoms with Crippen LogP contribution in [0.2, 0.25) is 0 Å². The second kappa shape index (κ2) is 7.02. The molecule has 1 aliphatic heterocycles. The number of rotatable bonds is 4. The van der Waals surface area contributed by atoms with Crippen LogP contribution in [0, 0.1) is 17.2 Å². The van der Waals surface area contributed by atoms with Crippen LogP contribution in [0.3, 0.4) is 0 Å². The van der Waals surface area contributed by atoms with Gasteiger partial charge in [0, 0.05) is 13.1 Å². The molecule has 1 saturated carbocycles. The molecule has 136 valence electrons. The Balaban J connectivity index is 1.73. The van der Waals surface area contributed by atoms with Crippen LogP contribution in [0.4, 0.5) is 9.18 Å². The summed E-state index contributed by atoms with van der Waals surface area (Å²) in [5.41, 5.74) is 0.0256. The molecular formula is C19H25FN2O3. The fourth-order valence-corrected chi connectivity index (χ4v) is 3.97. The highest BCUT2D eigenvalue weighted by Gasteiger charge is 2.42. The quantitative estimate of drug-likeness (QED) is 0.874. The molecule has 2 unspecified atom stereocenters. The Kier molecular flexibility index (Phi) is 4.97. The zero-order valence-electron chi connectivity index (χ0n) is 14.5. The summed E-state index contributed by atoms with van der Waals surface area (Å²) in [7, 11) is 0. The molecule has 1 aromatic carbocycles. The molecule has 0 spiro atoms. The maximum Gasteiger partial charge on any atom is 0.317 e. The van der Waals surface area contributed by atoms with E-state index in [0.717, 1.165) is 31.2 Å². The number of hydrogen-bond donors (Lipinski definition) is 2. The van der Waals surface area contributed by atoms with E-state index >= 15 is 0 Å². The molecule has 2 atom stereocenters. The monoisotopic (exact) mass is 348 g/mol. The van der Waals surface area contributed by atoms with Crippen LogP contribution in [0.1, 0.15) is 50.6 Å². The number of amides is 2. The lowest BCUT2D eigenvalue weighted by Crippen LogP contribution is -2.43. The lowest BCUT2D eigenvalue weighted by Gasteiger charge is -2.28. The molecule has 6 heteroatoms. The summed E-state index contributed by atoms with van der Waals surface area (Å²) in [6.07, 6.45) is 4.81. The van der Waals surface area contributed by atoms with Crippen LogP contribution in [0.5, 0.6) is 0 Å². The number of urea groups is 1. The van der Waals surface area contributed by atoms with E-state index in [2.05, 4.69) is 5.32 Å². The standard InChI is InChI=1S/C19H25FN2O3/c1-19(17(23)24)10-11-22(12-19)18(25)21-16(13-4-2-3-5-13)14-6-8-15(20)9-7-14/h6-9,13,16H,2-5,10-12H2,1H3,(H,21,25)(H,23,24). The molecule has 2 aliphatic rings. The second-order valence-corrected chi connectivity index (χ2v) is 7.56. The number of nitrogens with zero attached hydrogens (tertiary/aromatic N) is 1. The van der Waals surface area contributed by atoms with Gasteiger partial charge < -0.3 is 15.3 Å². The van der Waals surface area contributed by atoms with Gasteiger partial charge in [0.25, 0.3) is 0 Å². The van der Waals surface area contributed by atoms with Crippen LogP contribution < -0.4 is 5.32 Å². The topological polar surface area (TPSA) is 69.6 Å². The molecule has 0 bridgehead atoms. The molecule has 5 nitrogen and oxygen atoms in total. The van der Waals surface area contributed by atoms with E-state index in [9.17, 15) is 19.1 Å². The zero-order valence-corrected chi connectivity index (χ0v) is 14.5. The molecule has 25 heavy (non-hydrogen) atoms. The van der Waals surface area contributed by atoms with E-state index in [-0.39, 0.29) is 24.4 Å². The summed E-state index contributed by atoms with van der Waals surface area (Å²) in [6, 6.07) is 5.90. The van der Waals surface area contributed by atoms with E-state index in [4.69, 9.17) is 0 Å². The van der Waals surface area contributed by atoms with E-state index in [1.54, 1.807) is 24.0 Å². The van der Waals surface area contributed by atoms with Gasteiger partial charge in [-0.15, -0.1) is 0 Å². The third-order valence-corrected chi connectivity index (χ3v) is 5.66. The minimum absolute atomic E-state index is 0.160. The molecule has 0 aromatic heterocycles. The van der Waals surface area contributed by atoms with Gasteiger partial charge in [-0.1, -0.05) is 25.0 Å². The van der Waals surface area contributed by atoms with Gasteiger partial charge in [-0.3, -0.25) is 4.79 Å². The Labute approximate surface area is 147 Å². The molecule has 1 aromatic rings. The van der Waals surface area contributed by atoms with Crippen molar-refractivity contribution in [1.82, 2.24) is 10.2 Å². The van der Waals surface area contributed by atoms with Crippen molar-refractivity contribution in [2.45, 2.75) is 45.1 Å². The Morgan fingerprint density at radius 1 is 1.28 bits per heavy atom. The van der Waals surface area contributed by atoms with E-state index < -0.39 is 11.4 Å². The molecule has 2 fully saturated rings. The van der Waals surface area contributed by atoms with Gasteiger partial charge in [-0.2, -0.15) is 0 Å². The summed E-state index contributed by atoms with van der Waals surface area (Å²) in [4.78, 5) is 25.7. The number of aliphatic carboxylic acids is 1. The summed E-state index contributed by atoms with van der Waals surface area (Å²) in [5, 5.41) is 12.4. The van der Waals surface area contributed by atoms with E-state index in [1.807, 2.05) is 0 Å². The lowest BCUT2D eigenvalue weighted by molar-refractivity contribution is -0.147. The first kappa shape index (κ1) is 17.7. The largest absolute Gasteiger partial charge is 0.481 e. The van der Waals surface area contributed by atoms with Gasteiger partial charge in [0.2, 0.25) is 0 Å². The SMILES string of the molecule is CC1(C(=O)O)CCN(C(=O)NC(c2ccc(F)cc2)C2CCCC2)C1. The number of nitrogens with one attached hydrogen (secondary N) is 1. The number of carboxylic acids is 1. The number of benzene rings is 1. The van der Waals surface area contributed by atoms with Gasteiger partial charge in [0.05, 0.1) is 11.5 Å². The molecule has 0 radical (unpaired) electrons. The first-order valence-electron chi connectivity index (χ1n) is 8.93. The summed E-state index contributed by atoms with van der Waals surface area (Å²) >= 11 is 0. The normalized spacial score (nSPS) is 25.1. The minimum Gasteiger partial charge on any atom is -0.481 e. The van der Waals surface area contributed by atoms with Crippen molar-refractivity contribution in [3.05, 3.63) is 35.6 Å². The molecular weight excluding hydrogens is 323 g/mol. The zero-order chi connectivity index (χ0) is 18.0. The number of carbonyl (C=O) groups excluding carboxylic acids is 1. The maximum absolute atomic E-state index is 13.2. The van der Waals surface area contributed by atoms with E-state index in [1.165, 1.54) is 12.1 Å². The van der Waals surface area contributed by atoms with Crippen molar-refractivity contribution >= 4 is 12.0 Å². The van der Waals surface area contributed by atoms with Crippen molar-refractivity contribution in [3.8, 4) is 0 Å². The first-order chi connectivity index (χ1) is 11.9. The average Bonchev–Trinajstić information content (AvgIpc) is 3.24. The molecule has 2 amide bonds. The molecule has 1 heterocycles. The van der Waals surface area contributed by atoms with Gasteiger partial charge in [0.15, 0.2) is 0 Å². The van der Waals surface area contributed by atoms with Gasteiger partial charge in [-0.25, -0.2) is 9.18 Å². The fraction of sp³-hybridized carbons (Fsp3) is 0.579. The van der Waals surface area contributed by atoms with Crippen molar-refractivity contribution in [3.63, 3.8) is 0 Å². The third-order valence-electron chi connectivity index (χ3n) is 5.66. The highest BCUT2D eigenvalue weighted by molar-refractivity contribution is 5.79. The number of carboxylic acid groups (broad SMARTS) is 1. The third kappa shape index (κ3) is 3.78. The Morgan fingerprint density at radius 2 is 1.92 bits per heavy atom. The Morgan fingerprint density at radius 3 is 2.48 bits per heavy atom.